The van der Waals surface area contributed by atoms with Crippen LogP contribution in [0.1, 0.15) is 44.1 Å². The Morgan fingerprint density at radius 1 is 1.00 bits per heavy atom. The molecular weight excluding hydrogens is 489 g/mol. The monoisotopic (exact) mass is 515 g/mol. The van der Waals surface area contributed by atoms with Crippen LogP contribution in [0.4, 0.5) is 5.69 Å². The molecule has 1 aromatic heterocycles. The van der Waals surface area contributed by atoms with Crippen molar-refractivity contribution >= 4 is 40.7 Å². The van der Waals surface area contributed by atoms with Crippen LogP contribution in [-0.2, 0) is 5.41 Å². The van der Waals surface area contributed by atoms with E-state index in [-0.39, 0.29) is 0 Å². The summed E-state index contributed by atoms with van der Waals surface area (Å²) in [5.74, 6) is 3.50. The van der Waals surface area contributed by atoms with E-state index in [2.05, 4.69) is 39.8 Å². The fourth-order valence-corrected chi connectivity index (χ4v) is 7.92. The summed E-state index contributed by atoms with van der Waals surface area (Å²) in [5, 5.41) is 23.2. The summed E-state index contributed by atoms with van der Waals surface area (Å²) in [6.45, 7) is 0. The average molecular weight is 516 g/mol. The maximum atomic E-state index is 10.5. The number of aliphatic hydroxyl groups excluding tert-OH is 1. The third-order valence-corrected chi connectivity index (χ3v) is 9.24. The molecule has 5 nitrogen and oxygen atoms in total. The molecule has 4 saturated carbocycles. The third kappa shape index (κ3) is 4.46. The van der Waals surface area contributed by atoms with Crippen LogP contribution >= 0.6 is 35.0 Å². The lowest BCUT2D eigenvalue weighted by Gasteiger charge is -2.57. The number of thioether (sulfide) groups is 1. The van der Waals surface area contributed by atoms with E-state index in [1.165, 1.54) is 55.9 Å². The number of hydrogen-bond donors (Lipinski definition) is 2. The molecule has 0 spiro atoms. The van der Waals surface area contributed by atoms with Crippen molar-refractivity contribution in [3.8, 4) is 11.5 Å². The van der Waals surface area contributed by atoms with Gasteiger partial charge in [0, 0.05) is 16.5 Å². The molecule has 0 radical (unpaired) electrons. The molecule has 4 fully saturated rings. The minimum Gasteiger partial charge on any atom is -0.411 e. The lowest BCUT2D eigenvalue weighted by Crippen LogP contribution is -2.48. The molecule has 178 valence electrons. The van der Waals surface area contributed by atoms with Crippen molar-refractivity contribution in [2.75, 3.05) is 11.1 Å². The Kier molecular flexibility index (Phi) is 6.05. The highest BCUT2D eigenvalue weighted by molar-refractivity contribution is 7.99. The number of rotatable bonds is 7. The fraction of sp³-hybridized carbons (Fsp3) is 0.462. The van der Waals surface area contributed by atoms with Crippen molar-refractivity contribution < 1.29 is 9.52 Å². The van der Waals surface area contributed by atoms with Gasteiger partial charge in [0.05, 0.1) is 10.6 Å². The van der Waals surface area contributed by atoms with Gasteiger partial charge in [-0.05, 0) is 97.6 Å². The Bertz CT molecular complexity index is 1150. The van der Waals surface area contributed by atoms with Crippen molar-refractivity contribution in [1.29, 1.82) is 0 Å². The van der Waals surface area contributed by atoms with Gasteiger partial charge < -0.3 is 14.8 Å². The average Bonchev–Trinajstić information content (AvgIpc) is 3.26. The minimum atomic E-state index is -0.745. The van der Waals surface area contributed by atoms with E-state index in [1.807, 2.05) is 0 Å². The van der Waals surface area contributed by atoms with Gasteiger partial charge in [0.15, 0.2) is 0 Å². The summed E-state index contributed by atoms with van der Waals surface area (Å²) in [6.07, 6.45) is 7.70. The zero-order chi connectivity index (χ0) is 23.3. The molecule has 2 N–H and O–H groups in total. The number of nitrogens with zero attached hydrogens (tertiary/aromatic N) is 2. The van der Waals surface area contributed by atoms with Gasteiger partial charge in [0.25, 0.3) is 5.22 Å². The number of aromatic nitrogens is 2. The van der Waals surface area contributed by atoms with Gasteiger partial charge >= 0.3 is 0 Å². The second kappa shape index (κ2) is 9.05. The Balaban J connectivity index is 1.05. The molecule has 1 unspecified atom stereocenters. The van der Waals surface area contributed by atoms with Crippen molar-refractivity contribution in [2.24, 2.45) is 17.8 Å². The first-order valence-electron chi connectivity index (χ1n) is 11.9. The quantitative estimate of drug-likeness (QED) is 0.259. The summed E-state index contributed by atoms with van der Waals surface area (Å²) in [5.41, 5.74) is 3.42. The maximum Gasteiger partial charge on any atom is 0.277 e. The number of benzene rings is 2. The molecule has 1 heterocycles. The van der Waals surface area contributed by atoms with Gasteiger partial charge in [0.2, 0.25) is 5.89 Å². The Morgan fingerprint density at radius 3 is 2.32 bits per heavy atom. The van der Waals surface area contributed by atoms with E-state index in [9.17, 15) is 5.11 Å². The predicted molar refractivity (Wildman–Crippen MR) is 136 cm³/mol. The Morgan fingerprint density at radius 2 is 1.68 bits per heavy atom. The smallest absolute Gasteiger partial charge is 0.277 e. The number of halogens is 2. The molecule has 4 aliphatic carbocycles. The molecule has 0 saturated heterocycles. The molecule has 0 amide bonds. The largest absolute Gasteiger partial charge is 0.411 e. The highest BCUT2D eigenvalue weighted by Crippen LogP contribution is 2.60. The molecule has 0 aliphatic heterocycles. The highest BCUT2D eigenvalue weighted by atomic mass is 35.5. The van der Waals surface area contributed by atoms with Crippen LogP contribution in [0.15, 0.2) is 52.1 Å². The first-order chi connectivity index (χ1) is 16.5. The summed E-state index contributed by atoms with van der Waals surface area (Å²) < 4.78 is 5.70. The van der Waals surface area contributed by atoms with Gasteiger partial charge in [-0.2, -0.15) is 0 Å². The molecule has 7 rings (SSSR count). The topological polar surface area (TPSA) is 71.2 Å². The van der Waals surface area contributed by atoms with Crippen LogP contribution in [0, 0.1) is 17.8 Å². The summed E-state index contributed by atoms with van der Waals surface area (Å²) in [4.78, 5) is 0. The normalized spacial score (nSPS) is 28.3. The minimum absolute atomic E-state index is 0.326. The Labute approximate surface area is 213 Å². The van der Waals surface area contributed by atoms with Gasteiger partial charge in [-0.15, -0.1) is 10.2 Å². The first kappa shape index (κ1) is 22.7. The molecule has 1 atom stereocenters. The molecular formula is C26H27Cl2N3O2S. The van der Waals surface area contributed by atoms with Crippen LogP contribution in [-0.4, -0.2) is 27.3 Å². The van der Waals surface area contributed by atoms with E-state index in [0.29, 0.717) is 37.9 Å². The van der Waals surface area contributed by atoms with Crippen molar-refractivity contribution in [3.05, 3.63) is 58.1 Å². The molecule has 4 bridgehead atoms. The fourth-order valence-electron chi connectivity index (χ4n) is 6.81. The molecule has 2 aromatic carbocycles. The van der Waals surface area contributed by atoms with Crippen molar-refractivity contribution in [1.82, 2.24) is 10.2 Å². The first-order valence-corrected chi connectivity index (χ1v) is 13.7. The number of anilines is 1. The van der Waals surface area contributed by atoms with Gasteiger partial charge in [-0.25, -0.2) is 0 Å². The zero-order valence-electron chi connectivity index (χ0n) is 18.7. The lowest BCUT2D eigenvalue weighted by atomic mass is 9.48. The summed E-state index contributed by atoms with van der Waals surface area (Å²) >= 11 is 13.5. The van der Waals surface area contributed by atoms with Crippen molar-refractivity contribution in [2.45, 2.75) is 55.4 Å². The van der Waals surface area contributed by atoms with Crippen LogP contribution < -0.4 is 5.32 Å². The van der Waals surface area contributed by atoms with Gasteiger partial charge in [0.1, 0.15) is 6.23 Å². The van der Waals surface area contributed by atoms with Crippen molar-refractivity contribution in [3.63, 3.8) is 0 Å². The third-order valence-electron chi connectivity index (χ3n) is 7.80. The van der Waals surface area contributed by atoms with E-state index in [4.69, 9.17) is 27.6 Å². The summed E-state index contributed by atoms with van der Waals surface area (Å²) in [6, 6.07) is 13.9. The second-order valence-electron chi connectivity index (χ2n) is 10.2. The van der Waals surface area contributed by atoms with Crippen LogP contribution in [0.2, 0.25) is 10.0 Å². The SMILES string of the molecule is OC(CSc1nnc(-c2ccc(Cl)cc2Cl)o1)Nc1ccc(C23CC4CC(CC(C4)C2)C3)cc1. The van der Waals surface area contributed by atoms with Gasteiger partial charge in [-0.3, -0.25) is 0 Å². The molecule has 4 aliphatic rings. The lowest BCUT2D eigenvalue weighted by molar-refractivity contribution is -0.00518. The van der Waals surface area contributed by atoms with E-state index in [1.54, 1.807) is 18.2 Å². The van der Waals surface area contributed by atoms with E-state index < -0.39 is 6.23 Å². The number of aliphatic hydroxyl groups is 1. The van der Waals surface area contributed by atoms with Gasteiger partial charge in [-0.1, -0.05) is 47.1 Å². The zero-order valence-corrected chi connectivity index (χ0v) is 21.0. The summed E-state index contributed by atoms with van der Waals surface area (Å²) in [7, 11) is 0. The highest BCUT2D eigenvalue weighted by Gasteiger charge is 2.51. The van der Waals surface area contributed by atoms with Crippen LogP contribution in [0.25, 0.3) is 11.5 Å². The Hall–Kier alpha value is -1.73. The predicted octanol–water partition coefficient (Wildman–Crippen LogP) is 7.03. The van der Waals surface area contributed by atoms with E-state index >= 15 is 0 Å². The number of nitrogens with one attached hydrogen (secondary N) is 1. The number of hydrogen-bond acceptors (Lipinski definition) is 6. The second-order valence-corrected chi connectivity index (χ2v) is 12.1. The van der Waals surface area contributed by atoms with Crippen LogP contribution in [0.3, 0.4) is 0 Å². The van der Waals surface area contributed by atoms with E-state index in [0.717, 1.165) is 23.4 Å². The molecule has 3 aromatic rings. The maximum absolute atomic E-state index is 10.5. The standard InChI is InChI=1S/C26H27Cl2N3O2S/c27-19-3-6-21(22(28)10-19)24-30-31-25(33-24)34-14-23(32)29-20-4-1-18(2-5-20)26-11-15-7-16(12-26)9-17(8-15)13-26/h1-6,10,15-17,23,29,32H,7-9,11-14H2. The molecule has 34 heavy (non-hydrogen) atoms. The molecule has 8 heteroatoms. The van der Waals surface area contributed by atoms with Crippen LogP contribution in [0.5, 0.6) is 0 Å².